The second kappa shape index (κ2) is 6.24. The molecule has 0 aliphatic rings. The molecular formula is C11H19N3O3. The van der Waals surface area contributed by atoms with E-state index in [9.17, 15) is 9.90 Å². The molecule has 1 rings (SSSR count). The van der Waals surface area contributed by atoms with Crippen molar-refractivity contribution in [3.8, 4) is 0 Å². The number of nitrogens with zero attached hydrogens (tertiary/aromatic N) is 1. The van der Waals surface area contributed by atoms with Crippen LogP contribution in [-0.2, 0) is 0 Å². The number of aromatic nitrogens is 1. The predicted octanol–water partition coefficient (Wildman–Crippen LogP) is 1.57. The molecule has 3 N–H and O–H groups in total. The minimum Gasteiger partial charge on any atom is -0.428 e. The maximum Gasteiger partial charge on any atom is 0.322 e. The SMILES string of the molecule is CCC(O)CCNC(=O)Nc1nc(C)c(C)o1. The number of anilines is 1. The number of amides is 2. The zero-order chi connectivity index (χ0) is 12.8. The normalized spacial score (nSPS) is 12.2. The molecule has 1 aromatic heterocycles. The summed E-state index contributed by atoms with van der Waals surface area (Å²) < 4.78 is 5.20. The molecule has 0 radical (unpaired) electrons. The lowest BCUT2D eigenvalue weighted by molar-refractivity contribution is 0.160. The lowest BCUT2D eigenvalue weighted by atomic mass is 10.2. The van der Waals surface area contributed by atoms with Gasteiger partial charge in [0, 0.05) is 6.54 Å². The van der Waals surface area contributed by atoms with E-state index < -0.39 is 0 Å². The highest BCUT2D eigenvalue weighted by molar-refractivity contribution is 5.86. The summed E-state index contributed by atoms with van der Waals surface area (Å²) in [6.45, 7) is 5.89. The summed E-state index contributed by atoms with van der Waals surface area (Å²) >= 11 is 0. The van der Waals surface area contributed by atoms with Gasteiger partial charge in [0.05, 0.1) is 11.8 Å². The fourth-order valence-corrected chi connectivity index (χ4v) is 1.22. The Hall–Kier alpha value is -1.56. The van der Waals surface area contributed by atoms with E-state index in [0.717, 1.165) is 5.69 Å². The summed E-state index contributed by atoms with van der Waals surface area (Å²) in [6.07, 6.45) is 0.844. The molecule has 0 bridgehead atoms. The number of aliphatic hydroxyl groups is 1. The number of nitrogens with one attached hydrogen (secondary N) is 2. The van der Waals surface area contributed by atoms with Crippen LogP contribution in [-0.4, -0.2) is 28.8 Å². The van der Waals surface area contributed by atoms with E-state index in [0.29, 0.717) is 25.1 Å². The molecule has 0 fully saturated rings. The summed E-state index contributed by atoms with van der Waals surface area (Å²) in [5, 5.41) is 14.4. The lowest BCUT2D eigenvalue weighted by Gasteiger charge is -2.08. The van der Waals surface area contributed by atoms with Gasteiger partial charge in [-0.2, -0.15) is 4.98 Å². The van der Waals surface area contributed by atoms with Crippen LogP contribution in [0.3, 0.4) is 0 Å². The number of rotatable bonds is 5. The van der Waals surface area contributed by atoms with Crippen LogP contribution in [0.25, 0.3) is 0 Å². The lowest BCUT2D eigenvalue weighted by Crippen LogP contribution is -2.31. The van der Waals surface area contributed by atoms with Gasteiger partial charge in [-0.1, -0.05) is 6.92 Å². The van der Waals surface area contributed by atoms with E-state index in [-0.39, 0.29) is 18.1 Å². The third-order valence-corrected chi connectivity index (χ3v) is 2.48. The molecule has 1 heterocycles. The molecule has 0 saturated carbocycles. The van der Waals surface area contributed by atoms with Crippen molar-refractivity contribution in [3.05, 3.63) is 11.5 Å². The first-order chi connectivity index (χ1) is 8.02. The first-order valence-corrected chi connectivity index (χ1v) is 5.69. The highest BCUT2D eigenvalue weighted by atomic mass is 16.4. The van der Waals surface area contributed by atoms with E-state index in [4.69, 9.17) is 4.42 Å². The summed E-state index contributed by atoms with van der Waals surface area (Å²) in [7, 11) is 0. The molecule has 17 heavy (non-hydrogen) atoms. The molecule has 1 aromatic rings. The van der Waals surface area contributed by atoms with Crippen LogP contribution in [0.15, 0.2) is 4.42 Å². The van der Waals surface area contributed by atoms with Crippen molar-refractivity contribution >= 4 is 12.0 Å². The average molecular weight is 241 g/mol. The van der Waals surface area contributed by atoms with Gasteiger partial charge in [0.15, 0.2) is 0 Å². The van der Waals surface area contributed by atoms with E-state index in [1.807, 2.05) is 6.92 Å². The molecule has 0 aliphatic carbocycles. The first kappa shape index (κ1) is 13.5. The Morgan fingerprint density at radius 2 is 2.24 bits per heavy atom. The second-order valence-electron chi connectivity index (χ2n) is 3.89. The number of hydrogen-bond acceptors (Lipinski definition) is 4. The Morgan fingerprint density at radius 1 is 1.53 bits per heavy atom. The quantitative estimate of drug-likeness (QED) is 0.730. The number of carbonyl (C=O) groups excluding carboxylic acids is 1. The summed E-state index contributed by atoms with van der Waals surface area (Å²) in [4.78, 5) is 15.4. The Morgan fingerprint density at radius 3 is 2.76 bits per heavy atom. The minimum atomic E-state index is -0.380. The second-order valence-corrected chi connectivity index (χ2v) is 3.89. The topological polar surface area (TPSA) is 87.4 Å². The average Bonchev–Trinajstić information content (AvgIpc) is 2.57. The number of oxazole rings is 1. The largest absolute Gasteiger partial charge is 0.428 e. The molecular weight excluding hydrogens is 222 g/mol. The molecule has 6 heteroatoms. The third kappa shape index (κ3) is 4.44. The summed E-state index contributed by atoms with van der Waals surface area (Å²) in [5.41, 5.74) is 0.752. The van der Waals surface area contributed by atoms with Crippen molar-refractivity contribution in [1.82, 2.24) is 10.3 Å². The van der Waals surface area contributed by atoms with Gasteiger partial charge in [0.25, 0.3) is 0 Å². The van der Waals surface area contributed by atoms with E-state index in [1.165, 1.54) is 0 Å². The van der Waals surface area contributed by atoms with Crippen molar-refractivity contribution in [2.75, 3.05) is 11.9 Å². The van der Waals surface area contributed by atoms with Gasteiger partial charge in [0.2, 0.25) is 0 Å². The van der Waals surface area contributed by atoms with Crippen LogP contribution in [0.5, 0.6) is 0 Å². The van der Waals surface area contributed by atoms with Gasteiger partial charge in [-0.25, -0.2) is 4.79 Å². The fraction of sp³-hybridized carbons (Fsp3) is 0.636. The smallest absolute Gasteiger partial charge is 0.322 e. The van der Waals surface area contributed by atoms with Crippen molar-refractivity contribution in [2.45, 2.75) is 39.7 Å². The number of aliphatic hydroxyl groups excluding tert-OH is 1. The zero-order valence-corrected chi connectivity index (χ0v) is 10.4. The molecule has 0 aliphatic heterocycles. The van der Waals surface area contributed by atoms with Crippen LogP contribution in [0, 0.1) is 13.8 Å². The van der Waals surface area contributed by atoms with Crippen molar-refractivity contribution < 1.29 is 14.3 Å². The van der Waals surface area contributed by atoms with Gasteiger partial charge < -0.3 is 14.8 Å². The Balaban J connectivity index is 2.30. The predicted molar refractivity (Wildman–Crippen MR) is 63.9 cm³/mol. The maximum atomic E-state index is 11.4. The molecule has 1 atom stereocenters. The number of hydrogen-bond donors (Lipinski definition) is 3. The minimum absolute atomic E-state index is 0.188. The first-order valence-electron chi connectivity index (χ1n) is 5.69. The maximum absolute atomic E-state index is 11.4. The van der Waals surface area contributed by atoms with Crippen molar-refractivity contribution in [3.63, 3.8) is 0 Å². The van der Waals surface area contributed by atoms with Crippen LogP contribution in [0.4, 0.5) is 10.8 Å². The number of aryl methyl sites for hydroxylation is 2. The van der Waals surface area contributed by atoms with Gasteiger partial charge in [-0.3, -0.25) is 5.32 Å². The van der Waals surface area contributed by atoms with Gasteiger partial charge in [-0.05, 0) is 26.7 Å². The third-order valence-electron chi connectivity index (χ3n) is 2.48. The van der Waals surface area contributed by atoms with E-state index in [1.54, 1.807) is 13.8 Å². The van der Waals surface area contributed by atoms with E-state index >= 15 is 0 Å². The standard InChI is InChI=1S/C11H19N3O3/c1-4-9(15)5-6-12-10(16)14-11-13-7(2)8(3)17-11/h9,15H,4-6H2,1-3H3,(H2,12,13,14,16). The van der Waals surface area contributed by atoms with Crippen LogP contribution in [0.2, 0.25) is 0 Å². The zero-order valence-electron chi connectivity index (χ0n) is 10.4. The Labute approximate surface area is 100 Å². The van der Waals surface area contributed by atoms with Gasteiger partial charge in [0.1, 0.15) is 5.76 Å². The molecule has 2 amide bonds. The molecule has 0 aromatic carbocycles. The van der Waals surface area contributed by atoms with Crippen molar-refractivity contribution in [2.24, 2.45) is 0 Å². The van der Waals surface area contributed by atoms with E-state index in [2.05, 4.69) is 15.6 Å². The fourth-order valence-electron chi connectivity index (χ4n) is 1.22. The molecule has 1 unspecified atom stereocenters. The molecule has 6 nitrogen and oxygen atoms in total. The van der Waals surface area contributed by atoms with Crippen molar-refractivity contribution in [1.29, 1.82) is 0 Å². The Kier molecular flexibility index (Phi) is 4.96. The summed E-state index contributed by atoms with van der Waals surface area (Å²) in [6, 6.07) is -0.192. The van der Waals surface area contributed by atoms with Crippen LogP contribution < -0.4 is 10.6 Å². The Bertz CT molecular complexity index is 357. The highest BCUT2D eigenvalue weighted by Crippen LogP contribution is 2.12. The summed E-state index contributed by atoms with van der Waals surface area (Å²) in [5.74, 6) is 0.682. The van der Waals surface area contributed by atoms with Crippen LogP contribution >= 0.6 is 0 Å². The number of carbonyl (C=O) groups is 1. The molecule has 96 valence electrons. The molecule has 0 saturated heterocycles. The number of urea groups is 1. The van der Waals surface area contributed by atoms with Gasteiger partial charge >= 0.3 is 12.0 Å². The van der Waals surface area contributed by atoms with Gasteiger partial charge in [-0.15, -0.1) is 0 Å². The molecule has 0 spiro atoms. The highest BCUT2D eigenvalue weighted by Gasteiger charge is 2.09. The monoisotopic (exact) mass is 241 g/mol. The van der Waals surface area contributed by atoms with Crippen LogP contribution in [0.1, 0.15) is 31.2 Å².